The first-order valence-corrected chi connectivity index (χ1v) is 5.43. The van der Waals surface area contributed by atoms with Crippen molar-refractivity contribution in [2.45, 2.75) is 32.7 Å². The maximum atomic E-state index is 11.4. The fourth-order valence-corrected chi connectivity index (χ4v) is 2.21. The monoisotopic (exact) mass is 200 g/mol. The van der Waals surface area contributed by atoms with Crippen LogP contribution in [0.3, 0.4) is 0 Å². The fourth-order valence-electron chi connectivity index (χ4n) is 1.26. The van der Waals surface area contributed by atoms with Crippen LogP contribution in [-0.2, 0) is 6.54 Å². The Kier molecular flexibility index (Phi) is 3.69. The zero-order valence-corrected chi connectivity index (χ0v) is 8.93. The van der Waals surface area contributed by atoms with Crippen molar-refractivity contribution < 1.29 is 0 Å². The Morgan fingerprint density at radius 1 is 1.62 bits per heavy atom. The van der Waals surface area contributed by atoms with Crippen molar-refractivity contribution in [3.05, 3.63) is 20.7 Å². The second kappa shape index (κ2) is 4.58. The molecule has 0 aliphatic carbocycles. The molecule has 3 nitrogen and oxygen atoms in total. The predicted molar refractivity (Wildman–Crippen MR) is 56.3 cm³/mol. The number of hydrogen-bond acceptors (Lipinski definition) is 3. The van der Waals surface area contributed by atoms with Gasteiger partial charge in [0, 0.05) is 17.6 Å². The number of thiazole rings is 1. The molecule has 1 rings (SSSR count). The van der Waals surface area contributed by atoms with Gasteiger partial charge in [-0.25, -0.2) is 0 Å². The lowest BCUT2D eigenvalue weighted by molar-refractivity contribution is 0.595. The molecule has 0 saturated heterocycles. The molecule has 0 saturated carbocycles. The highest BCUT2D eigenvalue weighted by Gasteiger charge is 2.08. The zero-order chi connectivity index (χ0) is 9.84. The van der Waals surface area contributed by atoms with Gasteiger partial charge in [0.15, 0.2) is 0 Å². The predicted octanol–water partition coefficient (Wildman–Crippen LogP) is 1.38. The summed E-state index contributed by atoms with van der Waals surface area (Å²) in [6.07, 6.45) is 0.871. The highest BCUT2D eigenvalue weighted by atomic mass is 32.1. The number of rotatable bonds is 4. The Hall–Kier alpha value is -0.610. The van der Waals surface area contributed by atoms with Crippen LogP contribution in [0.5, 0.6) is 0 Å². The molecule has 2 N–H and O–H groups in total. The molecule has 1 aromatic rings. The summed E-state index contributed by atoms with van der Waals surface area (Å²) < 4.78 is 1.84. The van der Waals surface area contributed by atoms with Gasteiger partial charge in [-0.2, -0.15) is 0 Å². The largest absolute Gasteiger partial charge is 0.330 e. The van der Waals surface area contributed by atoms with Crippen LogP contribution in [0, 0.1) is 0 Å². The van der Waals surface area contributed by atoms with Gasteiger partial charge in [0.2, 0.25) is 0 Å². The minimum atomic E-state index is 0.136. The fraction of sp³-hybridized carbons (Fsp3) is 0.667. The van der Waals surface area contributed by atoms with Crippen LogP contribution in [0.4, 0.5) is 0 Å². The second-order valence-corrected chi connectivity index (χ2v) is 4.20. The summed E-state index contributed by atoms with van der Waals surface area (Å²) in [5.74, 6) is 0.414. The lowest BCUT2D eigenvalue weighted by Crippen LogP contribution is -2.18. The molecule has 1 aromatic heterocycles. The highest BCUT2D eigenvalue weighted by Crippen LogP contribution is 2.14. The van der Waals surface area contributed by atoms with E-state index in [0.29, 0.717) is 12.5 Å². The molecule has 74 valence electrons. The molecule has 4 heteroatoms. The van der Waals surface area contributed by atoms with Crippen LogP contribution < -0.4 is 10.6 Å². The highest BCUT2D eigenvalue weighted by molar-refractivity contribution is 7.07. The van der Waals surface area contributed by atoms with Crippen molar-refractivity contribution in [3.8, 4) is 0 Å². The van der Waals surface area contributed by atoms with Crippen molar-refractivity contribution in [2.75, 3.05) is 6.54 Å². The van der Waals surface area contributed by atoms with Crippen LogP contribution >= 0.6 is 11.3 Å². The first-order chi connectivity index (χ1) is 6.16. The summed E-state index contributed by atoms with van der Waals surface area (Å²) in [5.41, 5.74) is 6.54. The summed E-state index contributed by atoms with van der Waals surface area (Å²) >= 11 is 1.28. The van der Waals surface area contributed by atoms with Gasteiger partial charge in [-0.15, -0.1) is 0 Å². The zero-order valence-electron chi connectivity index (χ0n) is 8.12. The molecular weight excluding hydrogens is 184 g/mol. The lowest BCUT2D eigenvalue weighted by atomic mass is 10.1. The van der Waals surface area contributed by atoms with Crippen LogP contribution in [0.1, 0.15) is 31.9 Å². The van der Waals surface area contributed by atoms with Gasteiger partial charge >= 0.3 is 4.87 Å². The number of nitrogens with zero attached hydrogens (tertiary/aromatic N) is 1. The second-order valence-electron chi connectivity index (χ2n) is 3.38. The van der Waals surface area contributed by atoms with E-state index in [2.05, 4.69) is 13.8 Å². The Morgan fingerprint density at radius 3 is 2.85 bits per heavy atom. The topological polar surface area (TPSA) is 48.0 Å². The first kappa shape index (κ1) is 10.5. The van der Waals surface area contributed by atoms with Crippen molar-refractivity contribution >= 4 is 11.3 Å². The third-order valence-corrected chi connectivity index (χ3v) is 2.77. The van der Waals surface area contributed by atoms with Crippen LogP contribution in [0.2, 0.25) is 0 Å². The molecule has 0 unspecified atom stereocenters. The van der Waals surface area contributed by atoms with E-state index in [1.54, 1.807) is 0 Å². The van der Waals surface area contributed by atoms with Gasteiger partial charge in [-0.05, 0) is 18.9 Å². The van der Waals surface area contributed by atoms with Crippen molar-refractivity contribution in [3.63, 3.8) is 0 Å². The third kappa shape index (κ3) is 2.42. The van der Waals surface area contributed by atoms with Crippen LogP contribution in [-0.4, -0.2) is 11.1 Å². The van der Waals surface area contributed by atoms with Gasteiger partial charge in [0.05, 0.1) is 0 Å². The standard InChI is InChI=1S/C9H16N2OS/c1-7(2)8-6-13-9(12)11(8)5-3-4-10/h6-7H,3-5,10H2,1-2H3. The minimum absolute atomic E-state index is 0.136. The molecule has 0 aromatic carbocycles. The van der Waals surface area contributed by atoms with Crippen LogP contribution in [0.15, 0.2) is 10.2 Å². The molecule has 1 heterocycles. The number of aromatic nitrogens is 1. The first-order valence-electron chi connectivity index (χ1n) is 4.55. The molecule has 0 atom stereocenters. The van der Waals surface area contributed by atoms with Gasteiger partial charge < -0.3 is 10.3 Å². The summed E-state index contributed by atoms with van der Waals surface area (Å²) in [7, 11) is 0. The molecule has 13 heavy (non-hydrogen) atoms. The summed E-state index contributed by atoms with van der Waals surface area (Å²) in [4.78, 5) is 11.5. The maximum Gasteiger partial charge on any atom is 0.307 e. The van der Waals surface area contributed by atoms with E-state index in [-0.39, 0.29) is 4.87 Å². The Morgan fingerprint density at radius 2 is 2.31 bits per heavy atom. The normalized spacial score (nSPS) is 11.1. The molecule has 0 amide bonds. The van der Waals surface area contributed by atoms with Crippen molar-refractivity contribution in [1.29, 1.82) is 0 Å². The molecule has 0 bridgehead atoms. The van der Waals surface area contributed by atoms with Gasteiger partial charge in [-0.3, -0.25) is 4.79 Å². The van der Waals surface area contributed by atoms with E-state index in [9.17, 15) is 4.79 Å². The average Bonchev–Trinajstić information content (AvgIpc) is 2.43. The lowest BCUT2D eigenvalue weighted by Gasteiger charge is -2.08. The molecule has 0 radical (unpaired) electrons. The molecule has 0 aliphatic rings. The molecule has 0 fully saturated rings. The Balaban J connectivity index is 2.88. The van der Waals surface area contributed by atoms with Gasteiger partial charge in [-0.1, -0.05) is 25.2 Å². The van der Waals surface area contributed by atoms with Crippen LogP contribution in [0.25, 0.3) is 0 Å². The van der Waals surface area contributed by atoms with Gasteiger partial charge in [0.1, 0.15) is 0 Å². The minimum Gasteiger partial charge on any atom is -0.330 e. The Labute approximate surface area is 82.2 Å². The van der Waals surface area contributed by atoms with E-state index in [4.69, 9.17) is 5.73 Å². The van der Waals surface area contributed by atoms with E-state index in [1.807, 2.05) is 9.95 Å². The van der Waals surface area contributed by atoms with Gasteiger partial charge in [0.25, 0.3) is 0 Å². The summed E-state index contributed by atoms with van der Waals surface area (Å²) in [6, 6.07) is 0. The van der Waals surface area contributed by atoms with E-state index in [0.717, 1.165) is 18.7 Å². The smallest absolute Gasteiger partial charge is 0.307 e. The maximum absolute atomic E-state index is 11.4. The molecule has 0 spiro atoms. The van der Waals surface area contributed by atoms with E-state index < -0.39 is 0 Å². The number of nitrogens with two attached hydrogens (primary N) is 1. The average molecular weight is 200 g/mol. The summed E-state index contributed by atoms with van der Waals surface area (Å²) in [6.45, 7) is 5.59. The van der Waals surface area contributed by atoms with E-state index in [1.165, 1.54) is 11.3 Å². The number of hydrogen-bond donors (Lipinski definition) is 1. The van der Waals surface area contributed by atoms with E-state index >= 15 is 0 Å². The molecular formula is C9H16N2OS. The molecule has 0 aliphatic heterocycles. The van der Waals surface area contributed by atoms with Crippen molar-refractivity contribution in [2.24, 2.45) is 5.73 Å². The van der Waals surface area contributed by atoms with Crippen molar-refractivity contribution in [1.82, 2.24) is 4.57 Å². The quantitative estimate of drug-likeness (QED) is 0.798. The summed E-state index contributed by atoms with van der Waals surface area (Å²) in [5, 5.41) is 1.95. The SMILES string of the molecule is CC(C)c1csc(=O)n1CCCN. The third-order valence-electron chi connectivity index (χ3n) is 1.99. The Bertz CT molecular complexity index is 314.